The molecule has 1 N–H and O–H groups in total. The van der Waals surface area contributed by atoms with Gasteiger partial charge in [-0.2, -0.15) is 0 Å². The number of hydrogen-bond donors (Lipinski definition) is 1. The number of nitrogens with zero attached hydrogens (tertiary/aromatic N) is 2. The normalized spacial score (nSPS) is 13.6. The van der Waals surface area contributed by atoms with E-state index >= 15 is 0 Å². The Morgan fingerprint density at radius 3 is 2.43 bits per heavy atom. The zero-order valence-electron chi connectivity index (χ0n) is 19.6. The van der Waals surface area contributed by atoms with E-state index in [1.54, 1.807) is 28.8 Å². The van der Waals surface area contributed by atoms with Gasteiger partial charge in [-0.1, -0.05) is 18.2 Å². The molecule has 3 aromatic rings. The lowest BCUT2D eigenvalue weighted by atomic mass is 10.1. The molecule has 4 rings (SSSR count). The predicted octanol–water partition coefficient (Wildman–Crippen LogP) is 3.13. The number of methoxy groups -OCH3 is 2. The molecule has 0 aliphatic carbocycles. The summed E-state index contributed by atoms with van der Waals surface area (Å²) in [6.45, 7) is 2.17. The summed E-state index contributed by atoms with van der Waals surface area (Å²) in [6, 6.07) is 12.4. The van der Waals surface area contributed by atoms with Crippen molar-refractivity contribution in [3.05, 3.63) is 87.1 Å². The first-order chi connectivity index (χ1) is 16.9. The molecule has 2 heterocycles. The third-order valence-corrected chi connectivity index (χ3v) is 6.03. The predicted molar refractivity (Wildman–Crippen MR) is 126 cm³/mol. The number of phenolic OH excluding ortho intramolecular Hbond substituents is 1. The number of hydrogen-bond acceptors (Lipinski definition) is 7. The summed E-state index contributed by atoms with van der Waals surface area (Å²) >= 11 is 0. The number of aromatic hydroxyl groups is 1. The maximum atomic E-state index is 13.2. The standard InChI is InChI=1S/C26H27FN2O6/c1-33-22-8-5-18(13-21(22)30)15-28-10-9-20-25(26(32)34-2)23(14-24(31)29(20)12-11-28)35-16-17-3-6-19(27)7-4-17/h3-8,13-14,30H,9-12,15-16H2,1-2H3. The van der Waals surface area contributed by atoms with Gasteiger partial charge < -0.3 is 23.9 Å². The number of rotatable bonds is 7. The zero-order chi connectivity index (χ0) is 24.9. The Kier molecular flexibility index (Phi) is 7.36. The van der Waals surface area contributed by atoms with Crippen LogP contribution in [0.15, 0.2) is 53.3 Å². The van der Waals surface area contributed by atoms with Gasteiger partial charge in [0.25, 0.3) is 5.56 Å². The van der Waals surface area contributed by atoms with E-state index in [1.807, 2.05) is 6.07 Å². The Hall–Kier alpha value is -3.85. The Bertz CT molecular complexity index is 1270. The van der Waals surface area contributed by atoms with E-state index in [0.717, 1.165) is 5.56 Å². The largest absolute Gasteiger partial charge is 0.504 e. The maximum absolute atomic E-state index is 13.2. The van der Waals surface area contributed by atoms with E-state index in [9.17, 15) is 19.1 Å². The second kappa shape index (κ2) is 10.6. The van der Waals surface area contributed by atoms with E-state index in [4.69, 9.17) is 14.2 Å². The number of carbonyl (C=O) groups excluding carboxylic acids is 1. The van der Waals surface area contributed by atoms with Gasteiger partial charge >= 0.3 is 5.97 Å². The van der Waals surface area contributed by atoms with Gasteiger partial charge in [-0.15, -0.1) is 0 Å². The van der Waals surface area contributed by atoms with Gasteiger partial charge in [-0.05, 0) is 35.4 Å². The average molecular weight is 483 g/mol. The molecule has 1 aromatic heterocycles. The van der Waals surface area contributed by atoms with Gasteiger partial charge in [-0.25, -0.2) is 9.18 Å². The number of benzene rings is 2. The molecular weight excluding hydrogens is 455 g/mol. The van der Waals surface area contributed by atoms with Crippen LogP contribution in [0.1, 0.15) is 27.2 Å². The number of pyridine rings is 1. The lowest BCUT2D eigenvalue weighted by molar-refractivity contribution is 0.0592. The van der Waals surface area contributed by atoms with E-state index in [1.165, 1.54) is 32.4 Å². The molecule has 0 radical (unpaired) electrons. The topological polar surface area (TPSA) is 90.2 Å². The van der Waals surface area contributed by atoms with Gasteiger partial charge in [-0.3, -0.25) is 9.69 Å². The molecule has 1 aliphatic heterocycles. The summed E-state index contributed by atoms with van der Waals surface area (Å²) in [5.74, 6) is -0.335. The first-order valence-electron chi connectivity index (χ1n) is 11.2. The van der Waals surface area contributed by atoms with E-state index < -0.39 is 5.97 Å². The van der Waals surface area contributed by atoms with Crippen molar-refractivity contribution in [2.75, 3.05) is 27.3 Å². The van der Waals surface area contributed by atoms with Crippen molar-refractivity contribution in [1.82, 2.24) is 9.47 Å². The summed E-state index contributed by atoms with van der Waals surface area (Å²) in [4.78, 5) is 27.8. The van der Waals surface area contributed by atoms with Crippen LogP contribution < -0.4 is 15.0 Å². The highest BCUT2D eigenvalue weighted by Gasteiger charge is 2.26. The van der Waals surface area contributed by atoms with Crippen LogP contribution in [0, 0.1) is 5.82 Å². The molecule has 0 saturated heterocycles. The number of phenols is 1. The van der Waals surface area contributed by atoms with Crippen LogP contribution in [0.3, 0.4) is 0 Å². The SMILES string of the molecule is COC(=O)c1c(OCc2ccc(F)cc2)cc(=O)n2c1CCN(Cc1ccc(OC)c(O)c1)CC2. The van der Waals surface area contributed by atoms with Crippen LogP contribution >= 0.6 is 0 Å². The minimum absolute atomic E-state index is 0.0650. The number of esters is 1. The fourth-order valence-corrected chi connectivity index (χ4v) is 4.22. The quantitative estimate of drug-likeness (QED) is 0.518. The maximum Gasteiger partial charge on any atom is 0.343 e. The molecule has 8 nitrogen and oxygen atoms in total. The molecule has 0 fully saturated rings. The molecule has 0 saturated carbocycles. The van der Waals surface area contributed by atoms with Crippen molar-refractivity contribution in [3.8, 4) is 17.2 Å². The molecule has 2 aromatic carbocycles. The highest BCUT2D eigenvalue weighted by Crippen LogP contribution is 2.28. The zero-order valence-corrected chi connectivity index (χ0v) is 19.6. The first kappa shape index (κ1) is 24.3. The van der Waals surface area contributed by atoms with Gasteiger partial charge in [0.1, 0.15) is 23.7 Å². The van der Waals surface area contributed by atoms with Crippen molar-refractivity contribution >= 4 is 5.97 Å². The Balaban J connectivity index is 1.58. The average Bonchev–Trinajstić information content (AvgIpc) is 3.06. The fraction of sp³-hybridized carbons (Fsp3) is 0.308. The van der Waals surface area contributed by atoms with Gasteiger partial charge in [0.2, 0.25) is 0 Å². The van der Waals surface area contributed by atoms with Gasteiger partial charge in [0, 0.05) is 44.4 Å². The Labute approximate surface area is 202 Å². The Morgan fingerprint density at radius 2 is 1.74 bits per heavy atom. The molecule has 0 spiro atoms. The van der Waals surface area contributed by atoms with Gasteiger partial charge in [0.15, 0.2) is 11.5 Å². The van der Waals surface area contributed by atoms with Gasteiger partial charge in [0.05, 0.1) is 14.2 Å². The number of aromatic nitrogens is 1. The monoisotopic (exact) mass is 482 g/mol. The highest BCUT2D eigenvalue weighted by molar-refractivity contribution is 5.93. The summed E-state index contributed by atoms with van der Waals surface area (Å²) in [5.41, 5.74) is 2.10. The molecule has 0 bridgehead atoms. The van der Waals surface area contributed by atoms with Crippen molar-refractivity contribution in [3.63, 3.8) is 0 Å². The third kappa shape index (κ3) is 5.46. The molecule has 0 amide bonds. The minimum Gasteiger partial charge on any atom is -0.504 e. The van der Waals surface area contributed by atoms with Crippen molar-refractivity contribution in [2.24, 2.45) is 0 Å². The fourth-order valence-electron chi connectivity index (χ4n) is 4.22. The van der Waals surface area contributed by atoms with Crippen LogP contribution in [0.2, 0.25) is 0 Å². The molecule has 9 heteroatoms. The third-order valence-electron chi connectivity index (χ3n) is 6.03. The number of fused-ring (bicyclic) bond motifs is 1. The van der Waals surface area contributed by atoms with E-state index in [-0.39, 0.29) is 35.0 Å². The number of ether oxygens (including phenoxy) is 3. The first-order valence-corrected chi connectivity index (χ1v) is 11.2. The van der Waals surface area contributed by atoms with E-state index in [0.29, 0.717) is 49.6 Å². The second-order valence-electron chi connectivity index (χ2n) is 8.26. The molecule has 35 heavy (non-hydrogen) atoms. The number of halogens is 1. The van der Waals surface area contributed by atoms with Crippen molar-refractivity contribution in [2.45, 2.75) is 26.1 Å². The Morgan fingerprint density at radius 1 is 1.00 bits per heavy atom. The summed E-state index contributed by atoms with van der Waals surface area (Å²) in [7, 11) is 2.78. The summed E-state index contributed by atoms with van der Waals surface area (Å²) < 4.78 is 30.7. The van der Waals surface area contributed by atoms with Crippen LogP contribution in [0.4, 0.5) is 4.39 Å². The lowest BCUT2D eigenvalue weighted by Crippen LogP contribution is -2.29. The summed E-state index contributed by atoms with van der Waals surface area (Å²) in [6.07, 6.45) is 0.426. The van der Waals surface area contributed by atoms with Crippen molar-refractivity contribution < 1.29 is 28.5 Å². The molecule has 0 atom stereocenters. The minimum atomic E-state index is -0.587. The van der Waals surface area contributed by atoms with Crippen LogP contribution in [-0.4, -0.2) is 47.9 Å². The second-order valence-corrected chi connectivity index (χ2v) is 8.26. The van der Waals surface area contributed by atoms with Crippen LogP contribution in [0.5, 0.6) is 17.2 Å². The number of carbonyl (C=O) groups is 1. The van der Waals surface area contributed by atoms with Crippen LogP contribution in [-0.2, 0) is 30.9 Å². The molecule has 1 aliphatic rings. The van der Waals surface area contributed by atoms with E-state index in [2.05, 4.69) is 4.90 Å². The smallest absolute Gasteiger partial charge is 0.343 e. The molecule has 0 unspecified atom stereocenters. The lowest BCUT2D eigenvalue weighted by Gasteiger charge is -2.19. The molecule has 184 valence electrons. The molecular formula is C26H27FN2O6. The van der Waals surface area contributed by atoms with Crippen molar-refractivity contribution in [1.29, 1.82) is 0 Å². The van der Waals surface area contributed by atoms with Crippen LogP contribution in [0.25, 0.3) is 0 Å². The summed E-state index contributed by atoms with van der Waals surface area (Å²) in [5, 5.41) is 10.1. The highest BCUT2D eigenvalue weighted by atomic mass is 19.1.